The van der Waals surface area contributed by atoms with E-state index in [1.807, 2.05) is 11.3 Å². The van der Waals surface area contributed by atoms with E-state index in [9.17, 15) is 0 Å². The van der Waals surface area contributed by atoms with Gasteiger partial charge in [-0.05, 0) is 30.8 Å². The first-order chi connectivity index (χ1) is 8.36. The van der Waals surface area contributed by atoms with Gasteiger partial charge < -0.3 is 9.47 Å². The summed E-state index contributed by atoms with van der Waals surface area (Å²) in [6.07, 6.45) is 3.39. The lowest BCUT2D eigenvalue weighted by atomic mass is 10.0. The van der Waals surface area contributed by atoms with Crippen LogP contribution in [0.3, 0.4) is 0 Å². The average Bonchev–Trinajstić information content (AvgIpc) is 2.99. The smallest absolute Gasteiger partial charge is 0.181 e. The maximum atomic E-state index is 5.79. The fraction of sp³-hybridized carbons (Fsp3) is 0.692. The van der Waals surface area contributed by atoms with Crippen molar-refractivity contribution >= 4 is 11.3 Å². The summed E-state index contributed by atoms with van der Waals surface area (Å²) in [5, 5.41) is 2.15. The molecule has 3 nitrogen and oxygen atoms in total. The van der Waals surface area contributed by atoms with Gasteiger partial charge >= 0.3 is 0 Å². The standard InChI is InChI=1S/C13H19NO2S/c1-3-12(17-10-1)4-7-14-6-2-5-13(11-14)15-8-9-16-13/h1,3,10H,2,4-9,11H2. The van der Waals surface area contributed by atoms with Crippen LogP contribution in [0.2, 0.25) is 0 Å². The lowest BCUT2D eigenvalue weighted by molar-refractivity contribution is -0.189. The average molecular weight is 253 g/mol. The van der Waals surface area contributed by atoms with Crippen molar-refractivity contribution < 1.29 is 9.47 Å². The van der Waals surface area contributed by atoms with Gasteiger partial charge in [-0.15, -0.1) is 11.3 Å². The molecule has 0 atom stereocenters. The normalized spacial score (nSPS) is 24.5. The van der Waals surface area contributed by atoms with Crippen molar-refractivity contribution in [2.75, 3.05) is 32.8 Å². The van der Waals surface area contributed by atoms with E-state index < -0.39 is 0 Å². The third-order valence-electron chi connectivity index (χ3n) is 3.56. The van der Waals surface area contributed by atoms with Crippen molar-refractivity contribution in [1.29, 1.82) is 0 Å². The van der Waals surface area contributed by atoms with E-state index >= 15 is 0 Å². The second-order valence-corrected chi connectivity index (χ2v) is 5.85. The Morgan fingerprint density at radius 3 is 3.00 bits per heavy atom. The molecular formula is C13H19NO2S. The Kier molecular flexibility index (Phi) is 3.47. The maximum absolute atomic E-state index is 5.79. The molecule has 0 saturated carbocycles. The van der Waals surface area contributed by atoms with E-state index in [2.05, 4.69) is 22.4 Å². The van der Waals surface area contributed by atoms with Crippen molar-refractivity contribution in [3.8, 4) is 0 Å². The minimum absolute atomic E-state index is 0.270. The van der Waals surface area contributed by atoms with E-state index in [1.54, 1.807) is 0 Å². The monoisotopic (exact) mass is 253 g/mol. The van der Waals surface area contributed by atoms with Crippen LogP contribution in [0.25, 0.3) is 0 Å². The van der Waals surface area contributed by atoms with E-state index in [-0.39, 0.29) is 5.79 Å². The molecule has 0 N–H and O–H groups in total. The number of piperidine rings is 1. The molecule has 0 bridgehead atoms. The van der Waals surface area contributed by atoms with Crippen LogP contribution in [-0.4, -0.2) is 43.5 Å². The minimum Gasteiger partial charge on any atom is -0.346 e. The van der Waals surface area contributed by atoms with Crippen molar-refractivity contribution in [1.82, 2.24) is 4.90 Å². The van der Waals surface area contributed by atoms with Gasteiger partial charge in [-0.25, -0.2) is 0 Å². The minimum atomic E-state index is -0.270. The Labute approximate surface area is 106 Å². The second-order valence-electron chi connectivity index (χ2n) is 4.82. The van der Waals surface area contributed by atoms with Gasteiger partial charge in [-0.3, -0.25) is 4.90 Å². The number of nitrogens with zero attached hydrogens (tertiary/aromatic N) is 1. The highest BCUT2D eigenvalue weighted by atomic mass is 32.1. The molecule has 2 aliphatic heterocycles. The van der Waals surface area contributed by atoms with E-state index in [1.165, 1.54) is 17.8 Å². The van der Waals surface area contributed by atoms with Crippen LogP contribution in [0.4, 0.5) is 0 Å². The van der Waals surface area contributed by atoms with Gasteiger partial charge in [-0.1, -0.05) is 6.07 Å². The molecular weight excluding hydrogens is 234 g/mol. The summed E-state index contributed by atoms with van der Waals surface area (Å²) < 4.78 is 11.6. The first-order valence-corrected chi connectivity index (χ1v) is 7.27. The SMILES string of the molecule is c1csc(CCN2CCCC3(C2)OCCO3)c1. The van der Waals surface area contributed by atoms with Crippen LogP contribution in [0.5, 0.6) is 0 Å². The zero-order valence-electron chi connectivity index (χ0n) is 10.1. The Morgan fingerprint density at radius 2 is 2.24 bits per heavy atom. The number of likely N-dealkylation sites (tertiary alicyclic amines) is 1. The van der Waals surface area contributed by atoms with Crippen LogP contribution < -0.4 is 0 Å². The van der Waals surface area contributed by atoms with Gasteiger partial charge in [0.05, 0.1) is 19.8 Å². The number of thiophene rings is 1. The van der Waals surface area contributed by atoms with Crippen LogP contribution in [0, 0.1) is 0 Å². The fourth-order valence-corrected chi connectivity index (χ4v) is 3.42. The molecule has 94 valence electrons. The Morgan fingerprint density at radius 1 is 1.35 bits per heavy atom. The molecule has 0 aromatic carbocycles. The highest BCUT2D eigenvalue weighted by molar-refractivity contribution is 7.09. The first kappa shape index (κ1) is 11.7. The van der Waals surface area contributed by atoms with Gasteiger partial charge in [-0.2, -0.15) is 0 Å². The summed E-state index contributed by atoms with van der Waals surface area (Å²) in [5.74, 6) is -0.270. The summed E-state index contributed by atoms with van der Waals surface area (Å²) >= 11 is 1.85. The number of hydrogen-bond acceptors (Lipinski definition) is 4. The molecule has 0 amide bonds. The summed E-state index contributed by atoms with van der Waals surface area (Å²) in [6.45, 7) is 4.77. The quantitative estimate of drug-likeness (QED) is 0.823. The number of rotatable bonds is 3. The summed E-state index contributed by atoms with van der Waals surface area (Å²) in [6, 6.07) is 4.34. The molecule has 4 heteroatoms. The van der Waals surface area contributed by atoms with E-state index in [0.29, 0.717) is 0 Å². The molecule has 3 heterocycles. The van der Waals surface area contributed by atoms with Crippen molar-refractivity contribution in [3.05, 3.63) is 22.4 Å². The van der Waals surface area contributed by atoms with Crippen LogP contribution in [0.1, 0.15) is 17.7 Å². The third kappa shape index (κ3) is 2.71. The molecule has 1 aromatic rings. The third-order valence-corrected chi connectivity index (χ3v) is 4.50. The van der Waals surface area contributed by atoms with Gasteiger partial charge in [0, 0.05) is 17.8 Å². The van der Waals surface area contributed by atoms with Gasteiger partial charge in [0.2, 0.25) is 0 Å². The molecule has 0 aliphatic carbocycles. The van der Waals surface area contributed by atoms with Crippen LogP contribution >= 0.6 is 11.3 Å². The summed E-state index contributed by atoms with van der Waals surface area (Å²) in [7, 11) is 0. The maximum Gasteiger partial charge on any atom is 0.181 e. The zero-order chi connectivity index (χ0) is 11.6. The molecule has 1 aromatic heterocycles. The zero-order valence-corrected chi connectivity index (χ0v) is 10.9. The van der Waals surface area contributed by atoms with Gasteiger partial charge in [0.15, 0.2) is 5.79 Å². The molecule has 17 heavy (non-hydrogen) atoms. The molecule has 2 saturated heterocycles. The molecule has 0 unspecified atom stereocenters. The van der Waals surface area contributed by atoms with Crippen molar-refractivity contribution in [2.24, 2.45) is 0 Å². The highest BCUT2D eigenvalue weighted by Gasteiger charge is 2.40. The number of hydrogen-bond donors (Lipinski definition) is 0. The van der Waals surface area contributed by atoms with E-state index in [4.69, 9.17) is 9.47 Å². The highest BCUT2D eigenvalue weighted by Crippen LogP contribution is 2.30. The van der Waals surface area contributed by atoms with E-state index in [0.717, 1.165) is 39.1 Å². The first-order valence-electron chi connectivity index (χ1n) is 6.39. The summed E-state index contributed by atoms with van der Waals surface area (Å²) in [5.41, 5.74) is 0. The largest absolute Gasteiger partial charge is 0.346 e. The molecule has 0 radical (unpaired) electrons. The predicted octanol–water partition coefficient (Wildman–Crippen LogP) is 2.13. The van der Waals surface area contributed by atoms with Crippen LogP contribution in [0.15, 0.2) is 17.5 Å². The Hall–Kier alpha value is -0.420. The second kappa shape index (κ2) is 5.06. The lowest BCUT2D eigenvalue weighted by Gasteiger charge is -2.38. The molecule has 1 spiro atoms. The van der Waals surface area contributed by atoms with Crippen molar-refractivity contribution in [3.63, 3.8) is 0 Å². The Balaban J connectivity index is 1.53. The van der Waals surface area contributed by atoms with Gasteiger partial charge in [0.1, 0.15) is 0 Å². The molecule has 3 rings (SSSR count). The fourth-order valence-electron chi connectivity index (χ4n) is 2.72. The topological polar surface area (TPSA) is 21.7 Å². The Bertz CT molecular complexity index is 346. The van der Waals surface area contributed by atoms with Gasteiger partial charge in [0.25, 0.3) is 0 Å². The number of ether oxygens (including phenoxy) is 2. The van der Waals surface area contributed by atoms with Crippen molar-refractivity contribution in [2.45, 2.75) is 25.0 Å². The molecule has 2 aliphatic rings. The van der Waals surface area contributed by atoms with Crippen LogP contribution in [-0.2, 0) is 15.9 Å². The summed E-state index contributed by atoms with van der Waals surface area (Å²) in [4.78, 5) is 3.95. The molecule has 2 fully saturated rings. The lowest BCUT2D eigenvalue weighted by Crippen LogP contribution is -2.49. The predicted molar refractivity (Wildman–Crippen MR) is 68.3 cm³/mol.